The third-order valence-electron chi connectivity index (χ3n) is 5.61. The van der Waals surface area contributed by atoms with E-state index in [-0.39, 0.29) is 12.0 Å². The van der Waals surface area contributed by atoms with Gasteiger partial charge in [-0.2, -0.15) is 0 Å². The Morgan fingerprint density at radius 2 is 2.07 bits per heavy atom. The van der Waals surface area contributed by atoms with Gasteiger partial charge in [0, 0.05) is 38.6 Å². The van der Waals surface area contributed by atoms with E-state index in [2.05, 4.69) is 21.7 Å². The highest BCUT2D eigenvalue weighted by atomic mass is 16.5. The molecule has 1 aliphatic carbocycles. The summed E-state index contributed by atoms with van der Waals surface area (Å²) < 4.78 is 5.27. The summed E-state index contributed by atoms with van der Waals surface area (Å²) in [6.07, 6.45) is 6.79. The van der Waals surface area contributed by atoms with Crippen LogP contribution in [0.2, 0.25) is 0 Å². The molecule has 0 spiro atoms. The van der Waals surface area contributed by atoms with Crippen LogP contribution >= 0.6 is 0 Å². The van der Waals surface area contributed by atoms with Gasteiger partial charge in [0.15, 0.2) is 5.96 Å². The van der Waals surface area contributed by atoms with E-state index in [4.69, 9.17) is 4.74 Å². The third-order valence-corrected chi connectivity index (χ3v) is 5.61. The number of carbonyl (C=O) groups excluding carboxylic acids is 1. The molecule has 3 rings (SSSR count). The molecule has 2 aliphatic rings. The van der Waals surface area contributed by atoms with Crippen molar-refractivity contribution in [2.45, 2.75) is 51.1 Å². The van der Waals surface area contributed by atoms with Crippen LogP contribution < -0.4 is 15.4 Å². The normalized spacial score (nSPS) is 21.2. The predicted molar refractivity (Wildman–Crippen MR) is 108 cm³/mol. The Morgan fingerprint density at radius 3 is 2.81 bits per heavy atom. The molecule has 1 aromatic carbocycles. The van der Waals surface area contributed by atoms with Crippen molar-refractivity contribution in [2.75, 3.05) is 27.2 Å². The van der Waals surface area contributed by atoms with E-state index >= 15 is 0 Å². The molecular formula is C21H32N4O2. The molecule has 27 heavy (non-hydrogen) atoms. The summed E-state index contributed by atoms with van der Waals surface area (Å²) in [5, 5.41) is 6.82. The van der Waals surface area contributed by atoms with E-state index in [0.717, 1.165) is 49.6 Å². The third kappa shape index (κ3) is 5.37. The van der Waals surface area contributed by atoms with Crippen LogP contribution in [0.1, 0.15) is 44.1 Å². The Labute approximate surface area is 162 Å². The van der Waals surface area contributed by atoms with Gasteiger partial charge in [-0.1, -0.05) is 31.4 Å². The number of benzene rings is 1. The molecule has 2 fully saturated rings. The molecule has 1 aliphatic heterocycles. The first kappa shape index (κ1) is 19.5. The summed E-state index contributed by atoms with van der Waals surface area (Å²) in [6.45, 7) is 2.30. The summed E-state index contributed by atoms with van der Waals surface area (Å²) >= 11 is 0. The number of guanidine groups is 1. The minimum atomic E-state index is 0.253. The standard InChI is InChI=1S/C21H32N4O2/c1-22-21(23-14-16-7-6-10-19(13-16)27-2)24-18-11-12-25(15-18)20(26)17-8-4-3-5-9-17/h6-7,10,13,17-18H,3-5,8-9,11-12,14-15H2,1-2H3,(H2,22,23,24). The van der Waals surface area contributed by atoms with Gasteiger partial charge >= 0.3 is 0 Å². The quantitative estimate of drug-likeness (QED) is 0.616. The van der Waals surface area contributed by atoms with E-state index in [9.17, 15) is 4.79 Å². The Bertz CT molecular complexity index is 655. The monoisotopic (exact) mass is 372 g/mol. The number of ether oxygens (including phenoxy) is 1. The molecule has 1 aromatic rings. The second-order valence-corrected chi connectivity index (χ2v) is 7.53. The lowest BCUT2D eigenvalue weighted by molar-refractivity contribution is -0.135. The Morgan fingerprint density at radius 1 is 1.26 bits per heavy atom. The van der Waals surface area contributed by atoms with Gasteiger partial charge in [-0.05, 0) is 37.0 Å². The maximum atomic E-state index is 12.7. The average molecular weight is 373 g/mol. The molecule has 1 saturated carbocycles. The second kappa shape index (κ2) is 9.62. The summed E-state index contributed by atoms with van der Waals surface area (Å²) in [5.74, 6) is 2.24. The van der Waals surface area contributed by atoms with Crippen molar-refractivity contribution in [1.29, 1.82) is 0 Å². The highest BCUT2D eigenvalue weighted by molar-refractivity contribution is 5.81. The molecular weight excluding hydrogens is 340 g/mol. The van der Waals surface area contributed by atoms with Crippen molar-refractivity contribution in [2.24, 2.45) is 10.9 Å². The fraction of sp³-hybridized carbons (Fsp3) is 0.619. The molecule has 0 aromatic heterocycles. The lowest BCUT2D eigenvalue weighted by Gasteiger charge is -2.26. The largest absolute Gasteiger partial charge is 0.497 e. The number of likely N-dealkylation sites (tertiary alicyclic amines) is 1. The summed E-state index contributed by atoms with van der Waals surface area (Å²) in [4.78, 5) is 19.1. The van der Waals surface area contributed by atoms with Gasteiger partial charge < -0.3 is 20.3 Å². The van der Waals surface area contributed by atoms with Crippen LogP contribution in [0.3, 0.4) is 0 Å². The first-order valence-corrected chi connectivity index (χ1v) is 10.1. The number of amides is 1. The Balaban J connectivity index is 1.46. The van der Waals surface area contributed by atoms with Crippen LogP contribution in [0.5, 0.6) is 5.75 Å². The molecule has 1 atom stereocenters. The number of methoxy groups -OCH3 is 1. The van der Waals surface area contributed by atoms with Gasteiger partial charge in [-0.3, -0.25) is 9.79 Å². The summed E-state index contributed by atoms with van der Waals surface area (Å²) in [5.41, 5.74) is 1.14. The maximum Gasteiger partial charge on any atom is 0.225 e. The minimum Gasteiger partial charge on any atom is -0.497 e. The number of aliphatic imine (C=N–C) groups is 1. The molecule has 1 amide bonds. The van der Waals surface area contributed by atoms with Gasteiger partial charge in [-0.25, -0.2) is 0 Å². The van der Waals surface area contributed by atoms with Gasteiger partial charge in [0.25, 0.3) is 0 Å². The van der Waals surface area contributed by atoms with Gasteiger partial charge in [0.1, 0.15) is 5.75 Å². The molecule has 0 bridgehead atoms. The smallest absolute Gasteiger partial charge is 0.225 e. The van der Waals surface area contributed by atoms with Gasteiger partial charge in [0.2, 0.25) is 5.91 Å². The van der Waals surface area contributed by atoms with Crippen LogP contribution in [0.4, 0.5) is 0 Å². The number of nitrogens with zero attached hydrogens (tertiary/aromatic N) is 2. The summed E-state index contributed by atoms with van der Waals surface area (Å²) in [6, 6.07) is 8.25. The van der Waals surface area contributed by atoms with Crippen LogP contribution in [0.25, 0.3) is 0 Å². The van der Waals surface area contributed by atoms with Crippen molar-refractivity contribution in [3.05, 3.63) is 29.8 Å². The molecule has 6 heteroatoms. The summed E-state index contributed by atoms with van der Waals surface area (Å²) in [7, 11) is 3.45. The molecule has 1 unspecified atom stereocenters. The topological polar surface area (TPSA) is 66.0 Å². The van der Waals surface area contributed by atoms with E-state index in [0.29, 0.717) is 12.5 Å². The van der Waals surface area contributed by atoms with Gasteiger partial charge in [0.05, 0.1) is 7.11 Å². The molecule has 2 N–H and O–H groups in total. The number of hydrogen-bond acceptors (Lipinski definition) is 3. The zero-order valence-corrected chi connectivity index (χ0v) is 16.5. The first-order chi connectivity index (χ1) is 13.2. The van der Waals surface area contributed by atoms with Crippen molar-refractivity contribution in [3.63, 3.8) is 0 Å². The van der Waals surface area contributed by atoms with Crippen LogP contribution in [0, 0.1) is 5.92 Å². The highest BCUT2D eigenvalue weighted by Gasteiger charge is 2.31. The molecule has 1 saturated heterocycles. The number of carbonyl (C=O) groups is 1. The molecule has 0 radical (unpaired) electrons. The van der Waals surface area contributed by atoms with E-state index in [1.807, 2.05) is 23.1 Å². The minimum absolute atomic E-state index is 0.253. The fourth-order valence-corrected chi connectivity index (χ4v) is 4.04. The number of nitrogens with one attached hydrogen (secondary N) is 2. The van der Waals surface area contributed by atoms with E-state index in [1.54, 1.807) is 14.2 Å². The maximum absolute atomic E-state index is 12.7. The van der Waals surface area contributed by atoms with Crippen LogP contribution in [-0.2, 0) is 11.3 Å². The highest BCUT2D eigenvalue weighted by Crippen LogP contribution is 2.26. The Hall–Kier alpha value is -2.24. The Kier molecular flexibility index (Phi) is 6.96. The van der Waals surface area contributed by atoms with Crippen molar-refractivity contribution < 1.29 is 9.53 Å². The fourth-order valence-electron chi connectivity index (χ4n) is 4.04. The zero-order chi connectivity index (χ0) is 19.1. The average Bonchev–Trinajstić information content (AvgIpc) is 3.19. The molecule has 1 heterocycles. The second-order valence-electron chi connectivity index (χ2n) is 7.53. The predicted octanol–water partition coefficient (Wildman–Crippen LogP) is 2.54. The molecule has 6 nitrogen and oxygen atoms in total. The SMILES string of the molecule is CN=C(NCc1cccc(OC)c1)NC1CCN(C(=O)C2CCCCC2)C1. The lowest BCUT2D eigenvalue weighted by Crippen LogP contribution is -2.45. The van der Waals surface area contributed by atoms with Crippen molar-refractivity contribution in [3.8, 4) is 5.75 Å². The number of rotatable bonds is 5. The van der Waals surface area contributed by atoms with Crippen molar-refractivity contribution in [1.82, 2.24) is 15.5 Å². The molecule has 148 valence electrons. The van der Waals surface area contributed by atoms with E-state index < -0.39 is 0 Å². The zero-order valence-electron chi connectivity index (χ0n) is 16.5. The van der Waals surface area contributed by atoms with Crippen molar-refractivity contribution >= 4 is 11.9 Å². The lowest BCUT2D eigenvalue weighted by atomic mass is 9.88. The van der Waals surface area contributed by atoms with Gasteiger partial charge in [-0.15, -0.1) is 0 Å². The first-order valence-electron chi connectivity index (χ1n) is 10.1. The number of hydrogen-bond donors (Lipinski definition) is 2. The van der Waals surface area contributed by atoms with Crippen LogP contribution in [0.15, 0.2) is 29.3 Å². The van der Waals surface area contributed by atoms with E-state index in [1.165, 1.54) is 19.3 Å². The van der Waals surface area contributed by atoms with Crippen LogP contribution in [-0.4, -0.2) is 50.1 Å².